The van der Waals surface area contributed by atoms with Gasteiger partial charge >= 0.3 is 6.09 Å². The van der Waals surface area contributed by atoms with Crippen LogP contribution in [-0.4, -0.2) is 73.6 Å². The lowest BCUT2D eigenvalue weighted by Crippen LogP contribution is -2.51. The monoisotopic (exact) mass is 520 g/mol. The van der Waals surface area contributed by atoms with Crippen molar-refractivity contribution in [2.45, 2.75) is 56.4 Å². The van der Waals surface area contributed by atoms with Crippen molar-refractivity contribution in [3.63, 3.8) is 0 Å². The van der Waals surface area contributed by atoms with E-state index in [-0.39, 0.29) is 36.6 Å². The number of hydrogen-bond acceptors (Lipinski definition) is 7. The number of aliphatic hydroxyl groups excluding tert-OH is 2. The number of aliphatic hydroxyl groups is 2. The topological polar surface area (TPSA) is 125 Å². The number of rotatable bonds is 12. The molecule has 2 aromatic rings. The Morgan fingerprint density at radius 1 is 1.11 bits per heavy atom. The standard InChI is InChI=1S/C26H36N2O7S/c1-19(2)15-28(36(32,33)23-10-8-21(17-29)9-11-23)16-25(30)24(14-20-6-4-3-5-7-20)27-26(31)35-22-12-13-34-18-22/h3-11,19,22,24-25,29-30H,12-18H2,1-2H3,(H,27,31)/t22-,24-,25+/m0/s1. The van der Waals surface area contributed by atoms with Gasteiger partial charge in [-0.15, -0.1) is 0 Å². The number of carbonyl (C=O) groups is 1. The summed E-state index contributed by atoms with van der Waals surface area (Å²) < 4.78 is 38.8. The van der Waals surface area contributed by atoms with Gasteiger partial charge in [0.25, 0.3) is 0 Å². The molecule has 0 aliphatic carbocycles. The predicted molar refractivity (Wildman–Crippen MR) is 135 cm³/mol. The lowest BCUT2D eigenvalue weighted by atomic mass is 10.0. The number of alkyl carbamates (subject to hydrolysis) is 1. The van der Waals surface area contributed by atoms with Gasteiger partial charge in [-0.1, -0.05) is 56.3 Å². The lowest BCUT2D eigenvalue weighted by molar-refractivity contribution is 0.0644. The van der Waals surface area contributed by atoms with E-state index in [0.717, 1.165) is 5.56 Å². The molecule has 0 saturated carbocycles. The molecule has 3 rings (SSSR count). The first-order chi connectivity index (χ1) is 17.2. The molecule has 0 aromatic heterocycles. The Bertz CT molecular complexity index is 1060. The van der Waals surface area contributed by atoms with Gasteiger partial charge < -0.3 is 25.0 Å². The second kappa shape index (κ2) is 13.2. The molecular formula is C26H36N2O7S. The van der Waals surface area contributed by atoms with Crippen molar-refractivity contribution in [1.82, 2.24) is 9.62 Å². The third-order valence-electron chi connectivity index (χ3n) is 5.93. The maximum absolute atomic E-state index is 13.5. The predicted octanol–water partition coefficient (Wildman–Crippen LogP) is 2.31. The minimum Gasteiger partial charge on any atom is -0.444 e. The van der Waals surface area contributed by atoms with Gasteiger partial charge in [0.05, 0.1) is 36.9 Å². The van der Waals surface area contributed by atoms with Crippen LogP contribution in [0.2, 0.25) is 0 Å². The van der Waals surface area contributed by atoms with Crippen molar-refractivity contribution >= 4 is 16.1 Å². The highest BCUT2D eigenvalue weighted by Crippen LogP contribution is 2.20. The first kappa shape index (κ1) is 28.1. The van der Waals surface area contributed by atoms with Crippen LogP contribution in [0.3, 0.4) is 0 Å². The summed E-state index contributed by atoms with van der Waals surface area (Å²) in [4.78, 5) is 12.7. The number of benzene rings is 2. The number of carbonyl (C=O) groups excluding carboxylic acids is 1. The lowest BCUT2D eigenvalue weighted by Gasteiger charge is -2.30. The molecule has 1 fully saturated rings. The minimum absolute atomic E-state index is 0.00319. The third-order valence-corrected chi connectivity index (χ3v) is 7.78. The first-order valence-electron chi connectivity index (χ1n) is 12.2. The summed E-state index contributed by atoms with van der Waals surface area (Å²) in [7, 11) is -3.94. The molecule has 198 valence electrons. The summed E-state index contributed by atoms with van der Waals surface area (Å²) >= 11 is 0. The Balaban J connectivity index is 1.80. The van der Waals surface area contributed by atoms with Crippen molar-refractivity contribution in [2.24, 2.45) is 5.92 Å². The molecule has 0 spiro atoms. The maximum atomic E-state index is 13.5. The first-order valence-corrected chi connectivity index (χ1v) is 13.6. The van der Waals surface area contributed by atoms with E-state index < -0.39 is 28.3 Å². The Morgan fingerprint density at radius 2 is 1.81 bits per heavy atom. The van der Waals surface area contributed by atoms with Crippen molar-refractivity contribution in [3.8, 4) is 0 Å². The zero-order valence-electron chi connectivity index (χ0n) is 20.7. The second-order valence-corrected chi connectivity index (χ2v) is 11.4. The number of sulfonamides is 1. The van der Waals surface area contributed by atoms with Gasteiger partial charge in [-0.25, -0.2) is 13.2 Å². The summed E-state index contributed by atoms with van der Waals surface area (Å²) in [6.45, 7) is 4.42. The zero-order valence-corrected chi connectivity index (χ0v) is 21.6. The average Bonchev–Trinajstić information content (AvgIpc) is 3.36. The van der Waals surface area contributed by atoms with Crippen molar-refractivity contribution < 1.29 is 32.9 Å². The van der Waals surface area contributed by atoms with Gasteiger partial charge in [-0.2, -0.15) is 4.31 Å². The van der Waals surface area contributed by atoms with E-state index in [4.69, 9.17) is 9.47 Å². The van der Waals surface area contributed by atoms with Gasteiger partial charge in [0.2, 0.25) is 10.0 Å². The third kappa shape index (κ3) is 8.01. The fraction of sp³-hybridized carbons (Fsp3) is 0.500. The van der Waals surface area contributed by atoms with E-state index in [9.17, 15) is 23.4 Å². The smallest absolute Gasteiger partial charge is 0.407 e. The molecule has 3 atom stereocenters. The number of nitrogens with zero attached hydrogens (tertiary/aromatic N) is 1. The zero-order chi connectivity index (χ0) is 26.1. The number of ether oxygens (including phenoxy) is 2. The van der Waals surface area contributed by atoms with Crippen LogP contribution < -0.4 is 5.32 Å². The average molecular weight is 521 g/mol. The quantitative estimate of drug-likeness (QED) is 0.392. The highest BCUT2D eigenvalue weighted by Gasteiger charge is 2.32. The van der Waals surface area contributed by atoms with Gasteiger partial charge in [0.15, 0.2) is 0 Å². The van der Waals surface area contributed by atoms with Crippen molar-refractivity contribution in [1.29, 1.82) is 0 Å². The van der Waals surface area contributed by atoms with E-state index in [2.05, 4.69) is 5.32 Å². The van der Waals surface area contributed by atoms with E-state index in [1.165, 1.54) is 16.4 Å². The van der Waals surface area contributed by atoms with E-state index >= 15 is 0 Å². The van der Waals surface area contributed by atoms with Crippen LogP contribution in [0.1, 0.15) is 31.4 Å². The SMILES string of the molecule is CC(C)CN(C[C@@H](O)[C@H](Cc1ccccc1)NC(=O)O[C@H]1CCOC1)S(=O)(=O)c1ccc(CO)cc1. The normalized spacial score (nSPS) is 17.8. The van der Waals surface area contributed by atoms with Crippen LogP contribution in [0, 0.1) is 5.92 Å². The van der Waals surface area contributed by atoms with Gasteiger partial charge in [-0.05, 0) is 35.6 Å². The van der Waals surface area contributed by atoms with Gasteiger partial charge in [-0.3, -0.25) is 0 Å². The van der Waals surface area contributed by atoms with Crippen LogP contribution in [-0.2, 0) is 32.5 Å². The second-order valence-electron chi connectivity index (χ2n) is 9.42. The van der Waals surface area contributed by atoms with Crippen LogP contribution in [0.25, 0.3) is 0 Å². The van der Waals surface area contributed by atoms with E-state index in [0.29, 0.717) is 31.6 Å². The Morgan fingerprint density at radius 3 is 2.39 bits per heavy atom. The molecule has 0 bridgehead atoms. The van der Waals surface area contributed by atoms with Gasteiger partial charge in [0, 0.05) is 19.5 Å². The number of amides is 1. The molecule has 0 radical (unpaired) electrons. The highest BCUT2D eigenvalue weighted by molar-refractivity contribution is 7.89. The van der Waals surface area contributed by atoms with E-state index in [1.807, 2.05) is 44.2 Å². The fourth-order valence-corrected chi connectivity index (χ4v) is 5.65. The molecular weight excluding hydrogens is 484 g/mol. The minimum atomic E-state index is -3.94. The molecule has 1 heterocycles. The molecule has 1 saturated heterocycles. The molecule has 1 amide bonds. The molecule has 3 N–H and O–H groups in total. The van der Waals surface area contributed by atoms with Crippen molar-refractivity contribution in [3.05, 3.63) is 65.7 Å². The molecule has 9 nitrogen and oxygen atoms in total. The summed E-state index contributed by atoms with van der Waals surface area (Å²) in [6.07, 6.45) is -1.33. The number of hydrogen-bond donors (Lipinski definition) is 3. The largest absolute Gasteiger partial charge is 0.444 e. The van der Waals surface area contributed by atoms with Crippen molar-refractivity contribution in [2.75, 3.05) is 26.3 Å². The Hall–Kier alpha value is -2.50. The van der Waals surface area contributed by atoms with Crippen LogP contribution >= 0.6 is 0 Å². The highest BCUT2D eigenvalue weighted by atomic mass is 32.2. The molecule has 10 heteroatoms. The van der Waals surface area contributed by atoms with Gasteiger partial charge in [0.1, 0.15) is 6.10 Å². The van der Waals surface area contributed by atoms with Crippen LogP contribution in [0.4, 0.5) is 4.79 Å². The number of nitrogens with one attached hydrogen (secondary N) is 1. The summed E-state index contributed by atoms with van der Waals surface area (Å²) in [5.41, 5.74) is 1.48. The fourth-order valence-electron chi connectivity index (χ4n) is 4.02. The molecule has 0 unspecified atom stereocenters. The molecule has 1 aliphatic rings. The van der Waals surface area contributed by atoms with Crippen LogP contribution in [0.5, 0.6) is 0 Å². The summed E-state index contributed by atoms with van der Waals surface area (Å²) in [5.74, 6) is -0.00319. The molecule has 2 aromatic carbocycles. The van der Waals surface area contributed by atoms with E-state index in [1.54, 1.807) is 12.1 Å². The summed E-state index contributed by atoms with van der Waals surface area (Å²) in [6, 6.07) is 14.6. The summed E-state index contributed by atoms with van der Waals surface area (Å²) in [5, 5.41) is 23.2. The molecule has 1 aliphatic heterocycles. The van der Waals surface area contributed by atoms with Crippen LogP contribution in [0.15, 0.2) is 59.5 Å². The Kier molecular flexibility index (Phi) is 10.3. The maximum Gasteiger partial charge on any atom is 0.407 e. The molecule has 36 heavy (non-hydrogen) atoms. The Labute approximate surface area is 213 Å².